The SMILES string of the molecule is CC1=CC[C@@H]([N+](=O)[O-])[C@H](c2ccccc2Cl)N1C(=O)OC(C)(C)C.CC1=CC[C@@H]([N+](=O)[O-])[C@H](c2ccccc2Cl)N1C(=O)OC(C)(C)C. The van der Waals surface area contributed by atoms with Crippen LogP contribution in [-0.2, 0) is 9.47 Å². The molecular formula is C34H42Cl2N4O8. The Morgan fingerprint density at radius 3 is 1.27 bits per heavy atom. The van der Waals surface area contributed by atoms with Gasteiger partial charge in [0.15, 0.2) is 0 Å². The lowest BCUT2D eigenvalue weighted by Gasteiger charge is -2.38. The number of amides is 2. The predicted molar refractivity (Wildman–Crippen MR) is 183 cm³/mol. The van der Waals surface area contributed by atoms with Crippen LogP contribution in [0.3, 0.4) is 0 Å². The molecule has 0 spiro atoms. The fraction of sp³-hybridized carbons (Fsp3) is 0.471. The Balaban J connectivity index is 0.000000260. The van der Waals surface area contributed by atoms with Gasteiger partial charge in [-0.1, -0.05) is 71.8 Å². The summed E-state index contributed by atoms with van der Waals surface area (Å²) in [5.74, 6) is 0. The largest absolute Gasteiger partial charge is 0.443 e. The summed E-state index contributed by atoms with van der Waals surface area (Å²) in [4.78, 5) is 50.4. The highest BCUT2D eigenvalue weighted by Gasteiger charge is 2.46. The van der Waals surface area contributed by atoms with E-state index in [1.165, 1.54) is 9.80 Å². The maximum atomic E-state index is 12.7. The van der Waals surface area contributed by atoms with Crippen LogP contribution >= 0.6 is 23.2 Å². The van der Waals surface area contributed by atoms with Crippen LogP contribution in [0, 0.1) is 20.2 Å². The maximum Gasteiger partial charge on any atom is 0.415 e. The average molecular weight is 706 g/mol. The van der Waals surface area contributed by atoms with E-state index in [0.29, 0.717) is 32.6 Å². The van der Waals surface area contributed by atoms with Crippen LogP contribution in [0.25, 0.3) is 0 Å². The minimum atomic E-state index is -0.985. The molecule has 48 heavy (non-hydrogen) atoms. The topological polar surface area (TPSA) is 145 Å². The van der Waals surface area contributed by atoms with Crippen LogP contribution in [0.15, 0.2) is 72.1 Å². The van der Waals surface area contributed by atoms with Crippen LogP contribution < -0.4 is 0 Å². The van der Waals surface area contributed by atoms with Crippen molar-refractivity contribution in [1.29, 1.82) is 0 Å². The number of hydrogen-bond donors (Lipinski definition) is 0. The van der Waals surface area contributed by atoms with Crippen molar-refractivity contribution in [2.24, 2.45) is 0 Å². The number of hydrogen-bond acceptors (Lipinski definition) is 8. The van der Waals surface area contributed by atoms with Gasteiger partial charge in [-0.2, -0.15) is 0 Å². The number of ether oxygens (including phenoxy) is 2. The Kier molecular flexibility index (Phi) is 12.3. The van der Waals surface area contributed by atoms with Crippen molar-refractivity contribution in [2.75, 3.05) is 0 Å². The summed E-state index contributed by atoms with van der Waals surface area (Å²) in [5, 5.41) is 23.9. The summed E-state index contributed by atoms with van der Waals surface area (Å²) in [5.41, 5.74) is 0.909. The number of carbonyl (C=O) groups excluding carboxylic acids is 2. The molecule has 0 aromatic heterocycles. The van der Waals surface area contributed by atoms with Crippen LogP contribution in [-0.4, -0.2) is 55.1 Å². The zero-order valence-electron chi connectivity index (χ0n) is 28.3. The number of nitrogens with zero attached hydrogens (tertiary/aromatic N) is 4. The van der Waals surface area contributed by atoms with Gasteiger partial charge in [-0.05, 0) is 67.5 Å². The molecule has 2 aliphatic heterocycles. The summed E-state index contributed by atoms with van der Waals surface area (Å²) in [6, 6.07) is 10.1. The van der Waals surface area contributed by atoms with E-state index in [1.54, 1.807) is 116 Å². The first-order valence-corrected chi connectivity index (χ1v) is 16.1. The van der Waals surface area contributed by atoms with Gasteiger partial charge in [-0.3, -0.25) is 30.0 Å². The average Bonchev–Trinajstić information content (AvgIpc) is 2.95. The van der Waals surface area contributed by atoms with E-state index in [1.807, 2.05) is 0 Å². The molecule has 14 heteroatoms. The molecule has 0 bridgehead atoms. The Bertz CT molecular complexity index is 1480. The van der Waals surface area contributed by atoms with E-state index >= 15 is 0 Å². The lowest BCUT2D eigenvalue weighted by Crippen LogP contribution is -2.47. The molecule has 0 radical (unpaired) electrons. The molecule has 2 heterocycles. The van der Waals surface area contributed by atoms with E-state index in [2.05, 4.69) is 0 Å². The summed E-state index contributed by atoms with van der Waals surface area (Å²) in [6.45, 7) is 14.0. The number of carbonyl (C=O) groups is 2. The van der Waals surface area contributed by atoms with E-state index in [0.717, 1.165) is 0 Å². The van der Waals surface area contributed by atoms with Crippen LogP contribution in [0.5, 0.6) is 0 Å². The van der Waals surface area contributed by atoms with E-state index in [4.69, 9.17) is 32.7 Å². The van der Waals surface area contributed by atoms with Gasteiger partial charge in [0.2, 0.25) is 12.1 Å². The lowest BCUT2D eigenvalue weighted by molar-refractivity contribution is -0.531. The third-order valence-corrected chi connectivity index (χ3v) is 8.21. The lowest BCUT2D eigenvalue weighted by atomic mass is 9.92. The number of allylic oxidation sites excluding steroid dienone is 2. The van der Waals surface area contributed by atoms with Gasteiger partial charge in [0.05, 0.1) is 0 Å². The van der Waals surface area contributed by atoms with Gasteiger partial charge >= 0.3 is 12.2 Å². The Morgan fingerprint density at radius 1 is 0.688 bits per heavy atom. The summed E-state index contributed by atoms with van der Waals surface area (Å²) >= 11 is 12.5. The zero-order chi connectivity index (χ0) is 36.1. The van der Waals surface area contributed by atoms with Gasteiger partial charge in [0, 0.05) is 55.3 Å². The molecule has 0 fully saturated rings. The second-order valence-electron chi connectivity index (χ2n) is 13.5. The Labute approximate surface area is 290 Å². The first-order chi connectivity index (χ1) is 22.2. The summed E-state index contributed by atoms with van der Waals surface area (Å²) in [7, 11) is 0. The summed E-state index contributed by atoms with van der Waals surface area (Å²) in [6.07, 6.45) is 2.60. The molecule has 0 unspecified atom stereocenters. The van der Waals surface area contributed by atoms with E-state index in [9.17, 15) is 29.8 Å². The molecule has 0 N–H and O–H groups in total. The fourth-order valence-corrected chi connectivity index (χ4v) is 5.98. The highest BCUT2D eigenvalue weighted by Crippen LogP contribution is 2.40. The minimum absolute atomic E-state index is 0.230. The van der Waals surface area contributed by atoms with Crippen molar-refractivity contribution in [2.45, 2.75) is 104 Å². The van der Waals surface area contributed by atoms with Crippen molar-refractivity contribution >= 4 is 35.4 Å². The molecular weight excluding hydrogens is 663 g/mol. The van der Waals surface area contributed by atoms with E-state index < -0.39 is 47.6 Å². The Hall–Kier alpha value is -4.16. The molecule has 4 rings (SSSR count). The quantitative estimate of drug-likeness (QED) is 0.226. The first kappa shape index (κ1) is 38.3. The molecule has 0 saturated carbocycles. The molecule has 2 aliphatic rings. The monoisotopic (exact) mass is 704 g/mol. The number of nitro groups is 2. The Morgan fingerprint density at radius 2 is 1.00 bits per heavy atom. The molecule has 2 aromatic rings. The second kappa shape index (κ2) is 15.4. The minimum Gasteiger partial charge on any atom is -0.443 e. The highest BCUT2D eigenvalue weighted by atomic mass is 35.5. The van der Waals surface area contributed by atoms with Crippen LogP contribution in [0.2, 0.25) is 10.0 Å². The molecule has 0 saturated heterocycles. The van der Waals surface area contributed by atoms with Gasteiger partial charge in [-0.25, -0.2) is 9.59 Å². The van der Waals surface area contributed by atoms with Crippen LogP contribution in [0.1, 0.15) is 91.4 Å². The number of rotatable bonds is 4. The van der Waals surface area contributed by atoms with Crippen molar-refractivity contribution in [1.82, 2.24) is 9.80 Å². The van der Waals surface area contributed by atoms with Crippen LogP contribution in [0.4, 0.5) is 9.59 Å². The first-order valence-electron chi connectivity index (χ1n) is 15.4. The number of benzene rings is 2. The van der Waals surface area contributed by atoms with Crippen molar-refractivity contribution < 1.29 is 28.9 Å². The molecule has 12 nitrogen and oxygen atoms in total. The smallest absolute Gasteiger partial charge is 0.415 e. The maximum absolute atomic E-state index is 12.7. The standard InChI is InChI=1S/2C17H21ClN2O4/c2*1-11-9-10-14(20(22)23)15(12-7-5-6-8-13(12)18)19(11)16(21)24-17(2,3)4/h2*5-9,14-15H,10H2,1-4H3/t2*14-,15+/m11/s1. The molecule has 0 aliphatic carbocycles. The third-order valence-electron chi connectivity index (χ3n) is 7.52. The third kappa shape index (κ3) is 9.47. The molecule has 260 valence electrons. The normalized spacial score (nSPS) is 21.2. The van der Waals surface area contributed by atoms with Gasteiger partial charge in [0.1, 0.15) is 23.3 Å². The number of halogens is 2. The van der Waals surface area contributed by atoms with Gasteiger partial charge < -0.3 is 9.47 Å². The fourth-order valence-electron chi connectivity index (χ4n) is 5.48. The van der Waals surface area contributed by atoms with Gasteiger partial charge in [0.25, 0.3) is 0 Å². The van der Waals surface area contributed by atoms with Crippen molar-refractivity contribution in [3.05, 3.63) is 113 Å². The molecule has 2 amide bonds. The van der Waals surface area contributed by atoms with Crippen molar-refractivity contribution in [3.63, 3.8) is 0 Å². The molecule has 4 atom stereocenters. The predicted octanol–water partition coefficient (Wildman–Crippen LogP) is 9.14. The second-order valence-corrected chi connectivity index (χ2v) is 14.3. The highest BCUT2D eigenvalue weighted by molar-refractivity contribution is 6.31. The zero-order valence-corrected chi connectivity index (χ0v) is 29.8. The molecule has 2 aromatic carbocycles. The van der Waals surface area contributed by atoms with Crippen molar-refractivity contribution in [3.8, 4) is 0 Å². The van der Waals surface area contributed by atoms with E-state index in [-0.39, 0.29) is 22.7 Å². The summed E-state index contributed by atoms with van der Waals surface area (Å²) < 4.78 is 10.9. The van der Waals surface area contributed by atoms with Gasteiger partial charge in [-0.15, -0.1) is 0 Å².